The van der Waals surface area contributed by atoms with E-state index in [9.17, 15) is 4.79 Å². The summed E-state index contributed by atoms with van der Waals surface area (Å²) >= 11 is 0. The summed E-state index contributed by atoms with van der Waals surface area (Å²) in [6, 6.07) is 8.35. The Hall–Kier alpha value is -1.61. The van der Waals surface area contributed by atoms with Crippen molar-refractivity contribution < 1.29 is 14.9 Å². The van der Waals surface area contributed by atoms with Crippen LogP contribution in [0.5, 0.6) is 0 Å². The molecule has 1 N–H and O–H groups in total. The highest BCUT2D eigenvalue weighted by atomic mass is 17.1. The fourth-order valence-corrected chi connectivity index (χ4v) is 2.74. The van der Waals surface area contributed by atoms with E-state index in [4.69, 9.17) is 5.26 Å². The molecule has 0 saturated heterocycles. The molecule has 0 aliphatic heterocycles. The number of carbonyl (C=O) groups is 1. The van der Waals surface area contributed by atoms with Gasteiger partial charge in [0.2, 0.25) is 0 Å². The van der Waals surface area contributed by atoms with Gasteiger partial charge in [-0.25, -0.2) is 4.79 Å². The molecule has 1 aromatic carbocycles. The highest BCUT2D eigenvalue weighted by molar-refractivity contribution is 5.90. The largest absolute Gasteiger partial charge is 0.365 e. The number of hydrogen-bond donors (Lipinski definition) is 1. The second-order valence-corrected chi connectivity index (χ2v) is 5.19. The Labute approximate surface area is 113 Å². The lowest BCUT2D eigenvalue weighted by molar-refractivity contribution is -0.228. The van der Waals surface area contributed by atoms with Crippen molar-refractivity contribution in [3.8, 4) is 0 Å². The van der Waals surface area contributed by atoms with Crippen LogP contribution in [-0.4, -0.2) is 11.2 Å². The number of benzene rings is 1. The minimum atomic E-state index is -0.742. The van der Waals surface area contributed by atoms with Crippen LogP contribution in [0, 0.1) is 0 Å². The minimum absolute atomic E-state index is 0.689. The van der Waals surface area contributed by atoms with Crippen LogP contribution in [-0.2, 0) is 9.68 Å². The molecule has 3 heteroatoms. The van der Waals surface area contributed by atoms with E-state index in [1.807, 2.05) is 19.1 Å². The van der Waals surface area contributed by atoms with Gasteiger partial charge in [0.25, 0.3) is 0 Å². The van der Waals surface area contributed by atoms with E-state index in [1.54, 1.807) is 0 Å². The average molecular weight is 260 g/mol. The Morgan fingerprint density at radius 1 is 1.21 bits per heavy atom. The standard InChI is InChI=1S/C16H20O3/c1-12(11-16(17)19-18)13-7-9-15(10-8-13)14-5-3-2-4-6-14/h7-11,14,18H,2-6H2,1H3. The van der Waals surface area contributed by atoms with Gasteiger partial charge in [0.05, 0.1) is 0 Å². The maximum Gasteiger partial charge on any atom is 0.365 e. The van der Waals surface area contributed by atoms with Gasteiger partial charge in [-0.15, -0.1) is 0 Å². The van der Waals surface area contributed by atoms with Crippen LogP contribution in [0.1, 0.15) is 56.1 Å². The zero-order valence-corrected chi connectivity index (χ0v) is 11.3. The SMILES string of the molecule is CC(=CC(=O)OO)c1ccc(C2CCCCC2)cc1. The molecule has 0 radical (unpaired) electrons. The van der Waals surface area contributed by atoms with E-state index in [2.05, 4.69) is 17.0 Å². The predicted molar refractivity (Wildman–Crippen MR) is 74.6 cm³/mol. The van der Waals surface area contributed by atoms with Gasteiger partial charge in [0, 0.05) is 6.08 Å². The van der Waals surface area contributed by atoms with Gasteiger partial charge in [0.1, 0.15) is 0 Å². The number of rotatable bonds is 3. The van der Waals surface area contributed by atoms with Crippen LogP contribution in [0.3, 0.4) is 0 Å². The predicted octanol–water partition coefficient (Wildman–Crippen LogP) is 4.15. The fraction of sp³-hybridized carbons (Fsp3) is 0.438. The molecule has 0 aromatic heterocycles. The smallest absolute Gasteiger partial charge is 0.296 e. The molecule has 0 spiro atoms. The van der Waals surface area contributed by atoms with Gasteiger partial charge in [0.15, 0.2) is 0 Å². The van der Waals surface area contributed by atoms with Gasteiger partial charge < -0.3 is 0 Å². The molecule has 102 valence electrons. The highest BCUT2D eigenvalue weighted by Crippen LogP contribution is 2.33. The van der Waals surface area contributed by atoms with E-state index < -0.39 is 5.97 Å². The van der Waals surface area contributed by atoms with Crippen LogP contribution in [0.25, 0.3) is 5.57 Å². The summed E-state index contributed by atoms with van der Waals surface area (Å²) in [6.45, 7) is 1.83. The molecule has 0 unspecified atom stereocenters. The van der Waals surface area contributed by atoms with Gasteiger partial charge in [-0.3, -0.25) is 4.89 Å². The van der Waals surface area contributed by atoms with Gasteiger partial charge in [-0.05, 0) is 42.4 Å². The van der Waals surface area contributed by atoms with Crippen molar-refractivity contribution in [2.45, 2.75) is 44.9 Å². The molecule has 1 fully saturated rings. The Morgan fingerprint density at radius 2 is 1.84 bits per heavy atom. The van der Waals surface area contributed by atoms with Crippen molar-refractivity contribution >= 4 is 11.5 Å². The molecule has 0 atom stereocenters. The molecular weight excluding hydrogens is 240 g/mol. The van der Waals surface area contributed by atoms with Crippen LogP contribution in [0.15, 0.2) is 30.3 Å². The van der Waals surface area contributed by atoms with Gasteiger partial charge in [-0.1, -0.05) is 43.5 Å². The monoisotopic (exact) mass is 260 g/mol. The molecule has 0 heterocycles. The average Bonchev–Trinajstić information content (AvgIpc) is 2.48. The van der Waals surface area contributed by atoms with Crippen molar-refractivity contribution in [1.82, 2.24) is 0 Å². The minimum Gasteiger partial charge on any atom is -0.296 e. The lowest BCUT2D eigenvalue weighted by Gasteiger charge is -2.22. The summed E-state index contributed by atoms with van der Waals surface area (Å²) < 4.78 is 0. The van der Waals surface area contributed by atoms with E-state index in [0.29, 0.717) is 5.92 Å². The Morgan fingerprint density at radius 3 is 2.42 bits per heavy atom. The normalized spacial score (nSPS) is 17.3. The number of hydrogen-bond acceptors (Lipinski definition) is 3. The van der Waals surface area contributed by atoms with Crippen LogP contribution < -0.4 is 0 Å². The quantitative estimate of drug-likeness (QED) is 0.504. The molecule has 19 heavy (non-hydrogen) atoms. The third-order valence-electron chi connectivity index (χ3n) is 3.87. The Bertz CT molecular complexity index is 453. The highest BCUT2D eigenvalue weighted by Gasteiger charge is 2.15. The molecule has 0 bridgehead atoms. The van der Waals surface area contributed by atoms with Gasteiger partial charge in [-0.2, -0.15) is 5.26 Å². The molecule has 2 rings (SSSR count). The third-order valence-corrected chi connectivity index (χ3v) is 3.87. The summed E-state index contributed by atoms with van der Waals surface area (Å²) in [4.78, 5) is 14.6. The molecule has 1 saturated carbocycles. The van der Waals surface area contributed by atoms with E-state index in [-0.39, 0.29) is 0 Å². The molecule has 1 aromatic rings. The molecule has 1 aliphatic carbocycles. The fourth-order valence-electron chi connectivity index (χ4n) is 2.74. The van der Waals surface area contributed by atoms with Crippen LogP contribution in [0.2, 0.25) is 0 Å². The number of carbonyl (C=O) groups excluding carboxylic acids is 1. The van der Waals surface area contributed by atoms with E-state index in [0.717, 1.165) is 11.1 Å². The first-order chi connectivity index (χ1) is 9.20. The molecule has 3 nitrogen and oxygen atoms in total. The zero-order valence-electron chi connectivity index (χ0n) is 11.3. The lowest BCUT2D eigenvalue weighted by atomic mass is 9.84. The summed E-state index contributed by atoms with van der Waals surface area (Å²) in [6.07, 6.45) is 7.87. The molecule has 0 amide bonds. The second-order valence-electron chi connectivity index (χ2n) is 5.19. The lowest BCUT2D eigenvalue weighted by Crippen LogP contribution is -2.04. The van der Waals surface area contributed by atoms with E-state index in [1.165, 1.54) is 43.7 Å². The topological polar surface area (TPSA) is 46.5 Å². The molecular formula is C16H20O3. The summed E-state index contributed by atoms with van der Waals surface area (Å²) in [7, 11) is 0. The second kappa shape index (κ2) is 6.53. The van der Waals surface area contributed by atoms with Crippen LogP contribution in [0.4, 0.5) is 0 Å². The first kappa shape index (κ1) is 13.8. The summed E-state index contributed by atoms with van der Waals surface area (Å²) in [5.74, 6) is -0.0525. The van der Waals surface area contributed by atoms with Crippen molar-refractivity contribution in [2.24, 2.45) is 0 Å². The first-order valence-electron chi connectivity index (χ1n) is 6.84. The van der Waals surface area contributed by atoms with Crippen molar-refractivity contribution in [2.75, 3.05) is 0 Å². The third kappa shape index (κ3) is 3.67. The Kier molecular flexibility index (Phi) is 4.74. The van der Waals surface area contributed by atoms with Gasteiger partial charge >= 0.3 is 5.97 Å². The first-order valence-corrected chi connectivity index (χ1v) is 6.84. The molecule has 1 aliphatic rings. The van der Waals surface area contributed by atoms with Crippen molar-refractivity contribution in [3.05, 3.63) is 41.5 Å². The van der Waals surface area contributed by atoms with Crippen molar-refractivity contribution in [1.29, 1.82) is 0 Å². The Balaban J connectivity index is 2.09. The maximum absolute atomic E-state index is 11.0. The summed E-state index contributed by atoms with van der Waals surface area (Å²) in [5.41, 5.74) is 3.15. The zero-order chi connectivity index (χ0) is 13.7. The maximum atomic E-state index is 11.0. The summed E-state index contributed by atoms with van der Waals surface area (Å²) in [5, 5.41) is 8.25. The van der Waals surface area contributed by atoms with Crippen molar-refractivity contribution in [3.63, 3.8) is 0 Å². The van der Waals surface area contributed by atoms with Crippen LogP contribution >= 0.6 is 0 Å². The number of allylic oxidation sites excluding steroid dienone is 1. The van der Waals surface area contributed by atoms with E-state index >= 15 is 0 Å².